The van der Waals surface area contributed by atoms with E-state index in [4.69, 9.17) is 0 Å². The molecule has 0 saturated carbocycles. The average Bonchev–Trinajstić information content (AvgIpc) is 2.52. The molecule has 1 aliphatic heterocycles. The largest absolute Gasteiger partial charge is 0.336 e. The highest BCUT2D eigenvalue weighted by atomic mass is 32.2. The molecule has 1 aliphatic rings. The third-order valence-corrected chi connectivity index (χ3v) is 2.92. The number of hydrogen-bond acceptors (Lipinski definition) is 2. The van der Waals surface area contributed by atoms with Gasteiger partial charge in [-0.1, -0.05) is 6.42 Å². The van der Waals surface area contributed by atoms with E-state index in [1.54, 1.807) is 0 Å². The summed E-state index contributed by atoms with van der Waals surface area (Å²) in [7, 11) is 0. The van der Waals surface area contributed by atoms with Crippen LogP contribution >= 0.6 is 11.8 Å². The maximum Gasteiger partial charge on any atom is 0.317 e. The van der Waals surface area contributed by atoms with Crippen LogP contribution in [0, 0.1) is 0 Å². The van der Waals surface area contributed by atoms with Crippen molar-refractivity contribution >= 4 is 17.8 Å². The molecular formula is C9H18N2OS. The first-order valence-electron chi connectivity index (χ1n) is 4.86. The van der Waals surface area contributed by atoms with E-state index in [9.17, 15) is 4.79 Å². The molecule has 13 heavy (non-hydrogen) atoms. The lowest BCUT2D eigenvalue weighted by Crippen LogP contribution is -2.28. The van der Waals surface area contributed by atoms with Crippen molar-refractivity contribution in [2.45, 2.75) is 19.3 Å². The predicted octanol–water partition coefficient (Wildman–Crippen LogP) is 1.54. The number of nitrogens with zero attached hydrogens (tertiary/aromatic N) is 1. The summed E-state index contributed by atoms with van der Waals surface area (Å²) in [4.78, 5) is 13.0. The van der Waals surface area contributed by atoms with E-state index in [1.807, 2.05) is 16.7 Å². The van der Waals surface area contributed by atoms with Crippen molar-refractivity contribution in [2.24, 2.45) is 0 Å². The van der Waals surface area contributed by atoms with E-state index in [-0.39, 0.29) is 6.03 Å². The zero-order valence-corrected chi connectivity index (χ0v) is 9.03. The van der Waals surface area contributed by atoms with Gasteiger partial charge in [-0.25, -0.2) is 4.79 Å². The smallest absolute Gasteiger partial charge is 0.317 e. The molecule has 0 aliphatic carbocycles. The molecule has 0 aromatic rings. The van der Waals surface area contributed by atoms with Gasteiger partial charge < -0.3 is 10.2 Å². The summed E-state index contributed by atoms with van der Waals surface area (Å²) < 4.78 is 0. The second kappa shape index (κ2) is 6.13. The fraction of sp³-hybridized carbons (Fsp3) is 0.889. The predicted molar refractivity (Wildman–Crippen MR) is 57.2 cm³/mol. The van der Waals surface area contributed by atoms with Crippen LogP contribution in [0.25, 0.3) is 0 Å². The molecule has 0 radical (unpaired) electrons. The number of carbonyl (C=O) groups excluding carboxylic acids is 1. The molecule has 2 amide bonds. The molecule has 0 bridgehead atoms. The van der Waals surface area contributed by atoms with Crippen LogP contribution < -0.4 is 5.32 Å². The number of rotatable bonds is 6. The average molecular weight is 202 g/mol. The number of urea groups is 1. The fourth-order valence-electron chi connectivity index (χ4n) is 1.45. The Hall–Kier alpha value is -0.380. The number of hydrogen-bond donors (Lipinski definition) is 1. The molecule has 4 heteroatoms. The van der Waals surface area contributed by atoms with Gasteiger partial charge >= 0.3 is 6.03 Å². The summed E-state index contributed by atoms with van der Waals surface area (Å²) in [6, 6.07) is 0.116. The SMILES string of the molecule is CSCCCCCN1CCNC1=O. The Kier molecular flexibility index (Phi) is 5.05. The lowest BCUT2D eigenvalue weighted by Gasteiger charge is -2.13. The van der Waals surface area contributed by atoms with Gasteiger partial charge in [-0.05, 0) is 24.9 Å². The van der Waals surface area contributed by atoms with Crippen LogP contribution in [0.2, 0.25) is 0 Å². The van der Waals surface area contributed by atoms with Gasteiger partial charge in [0.1, 0.15) is 0 Å². The molecule has 0 aromatic heterocycles. The number of amides is 2. The highest BCUT2D eigenvalue weighted by Crippen LogP contribution is 2.05. The fourth-order valence-corrected chi connectivity index (χ4v) is 1.94. The van der Waals surface area contributed by atoms with E-state index in [2.05, 4.69) is 11.6 Å². The van der Waals surface area contributed by atoms with Crippen LogP contribution in [0.3, 0.4) is 0 Å². The summed E-state index contributed by atoms with van der Waals surface area (Å²) >= 11 is 1.89. The van der Waals surface area contributed by atoms with Crippen LogP contribution in [-0.4, -0.2) is 42.6 Å². The van der Waals surface area contributed by atoms with Gasteiger partial charge in [0.25, 0.3) is 0 Å². The van der Waals surface area contributed by atoms with Crippen molar-refractivity contribution in [2.75, 3.05) is 31.6 Å². The zero-order chi connectivity index (χ0) is 9.52. The van der Waals surface area contributed by atoms with Gasteiger partial charge in [0.15, 0.2) is 0 Å². The first kappa shape index (κ1) is 10.7. The number of thioether (sulfide) groups is 1. The van der Waals surface area contributed by atoms with E-state index in [0.29, 0.717) is 0 Å². The highest BCUT2D eigenvalue weighted by molar-refractivity contribution is 7.98. The monoisotopic (exact) mass is 202 g/mol. The van der Waals surface area contributed by atoms with Crippen molar-refractivity contribution in [3.8, 4) is 0 Å². The Bertz CT molecular complexity index is 164. The molecule has 76 valence electrons. The first-order valence-corrected chi connectivity index (χ1v) is 6.25. The molecule has 0 atom stereocenters. The van der Waals surface area contributed by atoms with Gasteiger partial charge in [0.05, 0.1) is 0 Å². The minimum atomic E-state index is 0.116. The molecule has 1 fully saturated rings. The lowest BCUT2D eigenvalue weighted by molar-refractivity contribution is 0.216. The Labute approximate surface area is 84.2 Å². The quantitative estimate of drug-likeness (QED) is 0.663. The molecule has 1 rings (SSSR count). The Morgan fingerprint density at radius 1 is 1.46 bits per heavy atom. The maximum atomic E-state index is 11.1. The topological polar surface area (TPSA) is 32.3 Å². The molecule has 0 aromatic carbocycles. The van der Waals surface area contributed by atoms with E-state index in [1.165, 1.54) is 18.6 Å². The lowest BCUT2D eigenvalue weighted by atomic mass is 10.2. The molecule has 1 heterocycles. The third-order valence-electron chi connectivity index (χ3n) is 2.22. The van der Waals surface area contributed by atoms with Crippen molar-refractivity contribution < 1.29 is 4.79 Å². The summed E-state index contributed by atoms with van der Waals surface area (Å²) in [5.41, 5.74) is 0. The third kappa shape index (κ3) is 3.89. The number of carbonyl (C=O) groups is 1. The van der Waals surface area contributed by atoms with Gasteiger partial charge in [0.2, 0.25) is 0 Å². The maximum absolute atomic E-state index is 11.1. The van der Waals surface area contributed by atoms with E-state index in [0.717, 1.165) is 26.1 Å². The van der Waals surface area contributed by atoms with Crippen molar-refractivity contribution in [3.63, 3.8) is 0 Å². The standard InChI is InChI=1S/C9H18N2OS/c1-13-8-4-2-3-6-11-7-5-10-9(11)12/h2-8H2,1H3,(H,10,12). The van der Waals surface area contributed by atoms with E-state index < -0.39 is 0 Å². The van der Waals surface area contributed by atoms with Crippen LogP contribution in [0.15, 0.2) is 0 Å². The normalized spacial score (nSPS) is 16.4. The van der Waals surface area contributed by atoms with Crippen molar-refractivity contribution in [3.05, 3.63) is 0 Å². The van der Waals surface area contributed by atoms with Gasteiger partial charge in [0, 0.05) is 19.6 Å². The van der Waals surface area contributed by atoms with E-state index >= 15 is 0 Å². The second-order valence-electron chi connectivity index (χ2n) is 3.27. The highest BCUT2D eigenvalue weighted by Gasteiger charge is 2.17. The first-order chi connectivity index (χ1) is 6.34. The minimum Gasteiger partial charge on any atom is -0.336 e. The molecule has 3 nitrogen and oxygen atoms in total. The zero-order valence-electron chi connectivity index (χ0n) is 8.21. The minimum absolute atomic E-state index is 0.116. The van der Waals surface area contributed by atoms with Crippen LogP contribution in [0.5, 0.6) is 0 Å². The molecular weight excluding hydrogens is 184 g/mol. The Morgan fingerprint density at radius 3 is 2.92 bits per heavy atom. The second-order valence-corrected chi connectivity index (χ2v) is 4.26. The summed E-state index contributed by atoms with van der Waals surface area (Å²) in [5.74, 6) is 1.24. The van der Waals surface area contributed by atoms with Crippen LogP contribution in [0.1, 0.15) is 19.3 Å². The van der Waals surface area contributed by atoms with Crippen molar-refractivity contribution in [1.82, 2.24) is 10.2 Å². The summed E-state index contributed by atoms with van der Waals surface area (Å²) in [5, 5.41) is 2.80. The van der Waals surface area contributed by atoms with Crippen LogP contribution in [-0.2, 0) is 0 Å². The summed E-state index contributed by atoms with van der Waals surface area (Å²) in [6.07, 6.45) is 5.79. The molecule has 0 spiro atoms. The van der Waals surface area contributed by atoms with Gasteiger partial charge in [-0.3, -0.25) is 0 Å². The molecule has 1 saturated heterocycles. The van der Waals surface area contributed by atoms with Gasteiger partial charge in [-0.15, -0.1) is 0 Å². The van der Waals surface area contributed by atoms with Crippen molar-refractivity contribution in [1.29, 1.82) is 0 Å². The summed E-state index contributed by atoms with van der Waals surface area (Å²) in [6.45, 7) is 2.64. The number of unbranched alkanes of at least 4 members (excludes halogenated alkanes) is 2. The Balaban J connectivity index is 1.96. The molecule has 1 N–H and O–H groups in total. The molecule has 0 unspecified atom stereocenters. The Morgan fingerprint density at radius 2 is 2.31 bits per heavy atom. The number of nitrogens with one attached hydrogen (secondary N) is 1. The van der Waals surface area contributed by atoms with Gasteiger partial charge in [-0.2, -0.15) is 11.8 Å². The van der Waals surface area contributed by atoms with Crippen LogP contribution in [0.4, 0.5) is 4.79 Å².